The second-order valence-corrected chi connectivity index (χ2v) is 5.38. The highest BCUT2D eigenvalue weighted by atomic mass is 32.1. The van der Waals surface area contributed by atoms with Gasteiger partial charge in [-0.3, -0.25) is 5.32 Å². The van der Waals surface area contributed by atoms with E-state index >= 15 is 0 Å². The highest BCUT2D eigenvalue weighted by molar-refractivity contribution is 7.13. The predicted molar refractivity (Wildman–Crippen MR) is 74.0 cm³/mol. The normalized spacial score (nSPS) is 12.6. The van der Waals surface area contributed by atoms with Gasteiger partial charge in [0.2, 0.25) is 0 Å². The van der Waals surface area contributed by atoms with E-state index in [9.17, 15) is 9.90 Å². The minimum atomic E-state index is -0.541. The molecule has 2 N–H and O–H groups in total. The van der Waals surface area contributed by atoms with Crippen molar-refractivity contribution in [3.63, 3.8) is 0 Å². The Labute approximate surface area is 112 Å². The molecule has 1 unspecified atom stereocenters. The molecule has 0 saturated carbocycles. The first-order valence-electron chi connectivity index (χ1n) is 6.14. The Kier molecular flexibility index (Phi) is 5.55. The number of aliphatic hydroxyl groups is 1. The second kappa shape index (κ2) is 6.70. The number of aromatic nitrogens is 1. The van der Waals surface area contributed by atoms with Gasteiger partial charge in [-0.15, -0.1) is 11.3 Å². The molecule has 1 aromatic rings. The first-order chi connectivity index (χ1) is 8.43. The Morgan fingerprint density at radius 3 is 2.67 bits per heavy atom. The van der Waals surface area contributed by atoms with E-state index in [4.69, 9.17) is 0 Å². The van der Waals surface area contributed by atoms with Gasteiger partial charge in [0.25, 0.3) is 0 Å². The van der Waals surface area contributed by atoms with Crippen LogP contribution in [-0.2, 0) is 6.42 Å². The van der Waals surface area contributed by atoms with Crippen molar-refractivity contribution in [1.29, 1.82) is 0 Å². The monoisotopic (exact) mass is 271 g/mol. The molecule has 1 rings (SSSR count). The average molecular weight is 271 g/mol. The summed E-state index contributed by atoms with van der Waals surface area (Å²) in [6.45, 7) is 7.84. The van der Waals surface area contributed by atoms with Crippen LogP contribution < -0.4 is 5.32 Å². The van der Waals surface area contributed by atoms with Crippen LogP contribution in [0.4, 0.5) is 9.93 Å². The van der Waals surface area contributed by atoms with E-state index in [0.29, 0.717) is 11.7 Å². The SMILES string of the molecule is CCc1csc(NC(=O)N(CC(C)O)C(C)C)n1. The number of rotatable bonds is 5. The van der Waals surface area contributed by atoms with Crippen LogP contribution in [0.5, 0.6) is 0 Å². The average Bonchev–Trinajstić information content (AvgIpc) is 2.72. The lowest BCUT2D eigenvalue weighted by Crippen LogP contribution is -2.43. The summed E-state index contributed by atoms with van der Waals surface area (Å²) in [6, 6.07) is -0.187. The van der Waals surface area contributed by atoms with E-state index in [2.05, 4.69) is 10.3 Å². The van der Waals surface area contributed by atoms with Crippen molar-refractivity contribution in [2.24, 2.45) is 0 Å². The van der Waals surface area contributed by atoms with Gasteiger partial charge in [0.05, 0.1) is 11.8 Å². The number of aryl methyl sites for hydroxylation is 1. The topological polar surface area (TPSA) is 65.5 Å². The van der Waals surface area contributed by atoms with E-state index in [0.717, 1.165) is 12.1 Å². The van der Waals surface area contributed by atoms with Crippen molar-refractivity contribution in [1.82, 2.24) is 9.88 Å². The number of carbonyl (C=O) groups is 1. The van der Waals surface area contributed by atoms with Gasteiger partial charge in [-0.05, 0) is 27.2 Å². The number of aliphatic hydroxyl groups excluding tert-OH is 1. The third-order valence-corrected chi connectivity index (χ3v) is 3.28. The van der Waals surface area contributed by atoms with Crippen molar-refractivity contribution in [3.05, 3.63) is 11.1 Å². The molecule has 1 atom stereocenters. The lowest BCUT2D eigenvalue weighted by molar-refractivity contribution is 0.125. The molecule has 1 aromatic heterocycles. The highest BCUT2D eigenvalue weighted by Crippen LogP contribution is 2.16. The van der Waals surface area contributed by atoms with Crippen LogP contribution in [-0.4, -0.2) is 39.7 Å². The van der Waals surface area contributed by atoms with Crippen molar-refractivity contribution >= 4 is 22.5 Å². The number of thiazole rings is 1. The molecule has 0 saturated heterocycles. The van der Waals surface area contributed by atoms with Crippen LogP contribution in [0.3, 0.4) is 0 Å². The van der Waals surface area contributed by atoms with Gasteiger partial charge >= 0.3 is 6.03 Å². The zero-order chi connectivity index (χ0) is 13.7. The molecule has 0 fully saturated rings. The molecule has 0 aliphatic rings. The number of hydrogen-bond donors (Lipinski definition) is 2. The number of anilines is 1. The molecule has 5 nitrogen and oxygen atoms in total. The predicted octanol–water partition coefficient (Wildman–Crippen LogP) is 2.33. The Bertz CT molecular complexity index is 390. The van der Waals surface area contributed by atoms with E-state index in [1.807, 2.05) is 26.2 Å². The summed E-state index contributed by atoms with van der Waals surface area (Å²) in [6.07, 6.45) is 0.314. The molecule has 0 aliphatic heterocycles. The van der Waals surface area contributed by atoms with Gasteiger partial charge in [-0.1, -0.05) is 6.92 Å². The standard InChI is InChI=1S/C12H21N3O2S/c1-5-10-7-18-11(13-10)14-12(17)15(8(2)3)6-9(4)16/h7-9,16H,5-6H2,1-4H3,(H,13,14,17). The van der Waals surface area contributed by atoms with Crippen molar-refractivity contribution in [2.75, 3.05) is 11.9 Å². The number of urea groups is 1. The van der Waals surface area contributed by atoms with Crippen LogP contribution >= 0.6 is 11.3 Å². The first kappa shape index (κ1) is 14.9. The molecule has 0 spiro atoms. The van der Waals surface area contributed by atoms with E-state index in [1.165, 1.54) is 11.3 Å². The van der Waals surface area contributed by atoms with Gasteiger partial charge in [0, 0.05) is 18.0 Å². The van der Waals surface area contributed by atoms with Crippen LogP contribution in [0, 0.1) is 0 Å². The van der Waals surface area contributed by atoms with E-state index < -0.39 is 6.10 Å². The van der Waals surface area contributed by atoms with Crippen molar-refractivity contribution < 1.29 is 9.90 Å². The number of nitrogens with one attached hydrogen (secondary N) is 1. The summed E-state index contributed by atoms with van der Waals surface area (Å²) in [7, 11) is 0. The summed E-state index contributed by atoms with van der Waals surface area (Å²) >= 11 is 1.42. The molecule has 6 heteroatoms. The summed E-state index contributed by atoms with van der Waals surface area (Å²) in [4.78, 5) is 17.9. The number of nitrogens with zero attached hydrogens (tertiary/aromatic N) is 2. The summed E-state index contributed by atoms with van der Waals surface area (Å²) < 4.78 is 0. The lowest BCUT2D eigenvalue weighted by Gasteiger charge is -2.27. The van der Waals surface area contributed by atoms with Gasteiger partial charge in [0.1, 0.15) is 0 Å². The molecule has 1 heterocycles. The van der Waals surface area contributed by atoms with Gasteiger partial charge in [-0.25, -0.2) is 9.78 Å². The van der Waals surface area contributed by atoms with E-state index in [-0.39, 0.29) is 12.1 Å². The molecular weight excluding hydrogens is 250 g/mol. The Morgan fingerprint density at radius 2 is 2.22 bits per heavy atom. The molecule has 2 amide bonds. The largest absolute Gasteiger partial charge is 0.392 e. The lowest BCUT2D eigenvalue weighted by atomic mass is 10.3. The van der Waals surface area contributed by atoms with Gasteiger partial charge < -0.3 is 10.0 Å². The van der Waals surface area contributed by atoms with Crippen LogP contribution in [0.15, 0.2) is 5.38 Å². The Balaban J connectivity index is 2.66. The zero-order valence-corrected chi connectivity index (χ0v) is 12.1. The van der Waals surface area contributed by atoms with Crippen LogP contribution in [0.1, 0.15) is 33.4 Å². The molecule has 102 valence electrons. The summed E-state index contributed by atoms with van der Waals surface area (Å²) in [5.41, 5.74) is 0.974. The first-order valence-corrected chi connectivity index (χ1v) is 7.02. The second-order valence-electron chi connectivity index (χ2n) is 4.52. The third kappa shape index (κ3) is 4.27. The summed E-state index contributed by atoms with van der Waals surface area (Å²) in [5.74, 6) is 0. The maximum Gasteiger partial charge on any atom is 0.323 e. The zero-order valence-electron chi connectivity index (χ0n) is 11.3. The highest BCUT2D eigenvalue weighted by Gasteiger charge is 2.19. The number of hydrogen-bond acceptors (Lipinski definition) is 4. The van der Waals surface area contributed by atoms with Gasteiger partial charge in [-0.2, -0.15) is 0 Å². The maximum absolute atomic E-state index is 12.1. The minimum Gasteiger partial charge on any atom is -0.392 e. The van der Waals surface area contributed by atoms with Crippen molar-refractivity contribution in [3.8, 4) is 0 Å². The third-order valence-electron chi connectivity index (χ3n) is 2.47. The van der Waals surface area contributed by atoms with Crippen LogP contribution in [0.2, 0.25) is 0 Å². The smallest absolute Gasteiger partial charge is 0.323 e. The molecule has 18 heavy (non-hydrogen) atoms. The summed E-state index contributed by atoms with van der Waals surface area (Å²) in [5, 5.41) is 14.7. The fourth-order valence-corrected chi connectivity index (χ4v) is 2.29. The minimum absolute atomic E-state index is 0.0326. The fourth-order valence-electron chi connectivity index (χ4n) is 1.50. The molecule has 0 aliphatic carbocycles. The molecule has 0 radical (unpaired) electrons. The van der Waals surface area contributed by atoms with Gasteiger partial charge in [0.15, 0.2) is 5.13 Å². The molecule has 0 bridgehead atoms. The molecular formula is C12H21N3O2S. The van der Waals surface area contributed by atoms with E-state index in [1.54, 1.807) is 11.8 Å². The number of amides is 2. The van der Waals surface area contributed by atoms with Crippen molar-refractivity contribution in [2.45, 2.75) is 46.3 Å². The fraction of sp³-hybridized carbons (Fsp3) is 0.667. The Morgan fingerprint density at radius 1 is 1.56 bits per heavy atom. The Hall–Kier alpha value is -1.14. The van der Waals surface area contributed by atoms with Crippen LogP contribution in [0.25, 0.3) is 0 Å². The molecule has 0 aromatic carbocycles. The number of carbonyl (C=O) groups excluding carboxylic acids is 1. The quantitative estimate of drug-likeness (QED) is 0.864. The maximum atomic E-state index is 12.1.